The molecule has 0 atom stereocenters. The zero-order chi connectivity index (χ0) is 19.6. The molecule has 2 fully saturated rings. The average molecular weight is 433 g/mol. The Kier molecular flexibility index (Phi) is 7.13. The molecular formula is C24H30Cl2N2O. The van der Waals surface area contributed by atoms with E-state index < -0.39 is 0 Å². The molecule has 1 aliphatic carbocycles. The van der Waals surface area contributed by atoms with Crippen LogP contribution in [-0.2, 0) is 0 Å². The highest BCUT2D eigenvalue weighted by Crippen LogP contribution is 2.45. The predicted molar refractivity (Wildman–Crippen MR) is 126 cm³/mol. The number of anilines is 1. The fourth-order valence-corrected chi connectivity index (χ4v) is 4.94. The molecule has 1 N–H and O–H groups in total. The molecule has 2 aromatic rings. The summed E-state index contributed by atoms with van der Waals surface area (Å²) < 4.78 is 0. The van der Waals surface area contributed by atoms with Gasteiger partial charge in [0.05, 0.1) is 10.7 Å². The smallest absolute Gasteiger partial charge is 0.134 e. The molecule has 0 aromatic heterocycles. The van der Waals surface area contributed by atoms with Crippen LogP contribution in [0.4, 0.5) is 11.4 Å². The van der Waals surface area contributed by atoms with Gasteiger partial charge in [-0.2, -0.15) is 0 Å². The Balaban J connectivity index is 0.00000240. The third-order valence-corrected chi connectivity index (χ3v) is 6.94. The summed E-state index contributed by atoms with van der Waals surface area (Å²) in [5, 5.41) is 9.84. The number of phenolic OH excluding ortho intramolecular Hbond substituents is 1. The summed E-state index contributed by atoms with van der Waals surface area (Å²) in [6, 6.07) is 11.7. The van der Waals surface area contributed by atoms with Crippen molar-refractivity contribution < 1.29 is 5.11 Å². The first-order chi connectivity index (χ1) is 13.5. The summed E-state index contributed by atoms with van der Waals surface area (Å²) in [6.45, 7) is 4.50. The van der Waals surface area contributed by atoms with Gasteiger partial charge in [-0.25, -0.2) is 0 Å². The first-order valence-electron chi connectivity index (χ1n) is 10.4. The van der Waals surface area contributed by atoms with Crippen molar-refractivity contribution in [3.05, 3.63) is 52.5 Å². The second kappa shape index (κ2) is 9.40. The average Bonchev–Trinajstić information content (AvgIpc) is 2.71. The monoisotopic (exact) mass is 432 g/mol. The summed E-state index contributed by atoms with van der Waals surface area (Å²) in [6.07, 6.45) is 11.7. The van der Waals surface area contributed by atoms with Crippen molar-refractivity contribution in [1.29, 1.82) is 0 Å². The number of rotatable bonds is 3. The Morgan fingerprint density at radius 2 is 1.72 bits per heavy atom. The van der Waals surface area contributed by atoms with E-state index in [0.717, 1.165) is 11.3 Å². The minimum Gasteiger partial charge on any atom is -0.506 e. The van der Waals surface area contributed by atoms with Gasteiger partial charge in [0.1, 0.15) is 5.75 Å². The summed E-state index contributed by atoms with van der Waals surface area (Å²) in [5.41, 5.74) is 5.03. The first-order valence-corrected chi connectivity index (χ1v) is 10.8. The van der Waals surface area contributed by atoms with Crippen molar-refractivity contribution in [1.82, 2.24) is 0 Å². The van der Waals surface area contributed by atoms with Gasteiger partial charge in [0.2, 0.25) is 0 Å². The molecule has 0 unspecified atom stereocenters. The van der Waals surface area contributed by atoms with E-state index in [-0.39, 0.29) is 18.2 Å². The molecular weight excluding hydrogens is 403 g/mol. The maximum Gasteiger partial charge on any atom is 0.134 e. The Morgan fingerprint density at radius 3 is 2.38 bits per heavy atom. The SMILES string of the molecule is Cc1cc(N2CCC3(CCCCC3)CC2)ccc1C=Nc1ccc(O)c(Cl)c1.Cl. The molecule has 5 heteroatoms. The molecule has 2 aliphatic rings. The lowest BCUT2D eigenvalue weighted by Crippen LogP contribution is -2.41. The van der Waals surface area contributed by atoms with Crippen LogP contribution in [-0.4, -0.2) is 24.4 Å². The number of phenols is 1. The van der Waals surface area contributed by atoms with Gasteiger partial charge >= 0.3 is 0 Å². The molecule has 0 radical (unpaired) electrons. The largest absolute Gasteiger partial charge is 0.506 e. The van der Waals surface area contributed by atoms with Crippen LogP contribution in [0.5, 0.6) is 5.75 Å². The van der Waals surface area contributed by atoms with Gasteiger partial charge in [0, 0.05) is 25.0 Å². The van der Waals surface area contributed by atoms with E-state index >= 15 is 0 Å². The fourth-order valence-electron chi connectivity index (χ4n) is 4.76. The van der Waals surface area contributed by atoms with E-state index in [0.29, 0.717) is 10.4 Å². The highest BCUT2D eigenvalue weighted by atomic mass is 35.5. The molecule has 4 rings (SSSR count). The Morgan fingerprint density at radius 1 is 1.00 bits per heavy atom. The number of benzene rings is 2. The number of piperidine rings is 1. The molecule has 1 saturated heterocycles. The van der Waals surface area contributed by atoms with E-state index in [1.807, 2.05) is 6.21 Å². The van der Waals surface area contributed by atoms with E-state index in [2.05, 4.69) is 35.0 Å². The summed E-state index contributed by atoms with van der Waals surface area (Å²) in [5.74, 6) is 0.0812. The molecule has 156 valence electrons. The Hall–Kier alpha value is -1.71. The highest BCUT2D eigenvalue weighted by Gasteiger charge is 2.35. The van der Waals surface area contributed by atoms with Crippen LogP contribution >= 0.6 is 24.0 Å². The third kappa shape index (κ3) is 5.07. The van der Waals surface area contributed by atoms with Crippen molar-refractivity contribution in [3.63, 3.8) is 0 Å². The number of aryl methyl sites for hydroxylation is 1. The number of aliphatic imine (C=N–C) groups is 1. The molecule has 1 aliphatic heterocycles. The van der Waals surface area contributed by atoms with Crippen molar-refractivity contribution in [2.45, 2.75) is 51.9 Å². The van der Waals surface area contributed by atoms with Gasteiger partial charge in [-0.1, -0.05) is 36.9 Å². The van der Waals surface area contributed by atoms with Crippen LogP contribution in [0.1, 0.15) is 56.1 Å². The normalized spacial score (nSPS) is 18.8. The van der Waals surface area contributed by atoms with Gasteiger partial charge in [-0.15, -0.1) is 12.4 Å². The van der Waals surface area contributed by atoms with Gasteiger partial charge < -0.3 is 10.0 Å². The molecule has 1 saturated carbocycles. The van der Waals surface area contributed by atoms with Gasteiger partial charge in [0.15, 0.2) is 0 Å². The first kappa shape index (κ1) is 22.0. The van der Waals surface area contributed by atoms with E-state index in [9.17, 15) is 5.11 Å². The van der Waals surface area contributed by atoms with Crippen molar-refractivity contribution in [2.75, 3.05) is 18.0 Å². The predicted octanol–water partition coefficient (Wildman–Crippen LogP) is 7.08. The minimum atomic E-state index is 0. The lowest BCUT2D eigenvalue weighted by Gasteiger charge is -2.45. The molecule has 3 nitrogen and oxygen atoms in total. The maximum absolute atomic E-state index is 9.52. The summed E-state index contributed by atoms with van der Waals surface area (Å²) in [4.78, 5) is 7.05. The Labute approximate surface area is 185 Å². The molecule has 2 aromatic carbocycles. The zero-order valence-corrected chi connectivity index (χ0v) is 18.6. The van der Waals surface area contributed by atoms with Gasteiger partial charge in [-0.3, -0.25) is 4.99 Å². The Bertz CT molecular complexity index is 865. The lowest BCUT2D eigenvalue weighted by atomic mass is 9.68. The number of hydrogen-bond donors (Lipinski definition) is 1. The minimum absolute atomic E-state index is 0. The van der Waals surface area contributed by atoms with E-state index in [1.165, 1.54) is 69.3 Å². The van der Waals surface area contributed by atoms with Crippen molar-refractivity contribution in [3.8, 4) is 5.75 Å². The van der Waals surface area contributed by atoms with E-state index in [1.54, 1.807) is 18.2 Å². The maximum atomic E-state index is 9.52. The molecule has 29 heavy (non-hydrogen) atoms. The van der Waals surface area contributed by atoms with Crippen LogP contribution in [0, 0.1) is 12.3 Å². The quantitative estimate of drug-likeness (QED) is 0.525. The number of halogens is 2. The van der Waals surface area contributed by atoms with Crippen LogP contribution in [0.2, 0.25) is 5.02 Å². The van der Waals surface area contributed by atoms with Crippen LogP contribution in [0.3, 0.4) is 0 Å². The van der Waals surface area contributed by atoms with Gasteiger partial charge in [-0.05, 0) is 79.5 Å². The molecule has 1 spiro atoms. The van der Waals surface area contributed by atoms with Crippen molar-refractivity contribution in [2.24, 2.45) is 10.4 Å². The summed E-state index contributed by atoms with van der Waals surface area (Å²) >= 11 is 5.96. The molecule has 1 heterocycles. The molecule has 0 bridgehead atoms. The van der Waals surface area contributed by atoms with Crippen LogP contribution < -0.4 is 4.90 Å². The van der Waals surface area contributed by atoms with Gasteiger partial charge in [0.25, 0.3) is 0 Å². The number of hydrogen-bond acceptors (Lipinski definition) is 3. The molecule has 0 amide bonds. The van der Waals surface area contributed by atoms with Crippen molar-refractivity contribution >= 4 is 41.6 Å². The summed E-state index contributed by atoms with van der Waals surface area (Å²) in [7, 11) is 0. The standard InChI is InChI=1S/C24H29ClN2O.ClH/c1-18-15-21(27-13-11-24(12-14-27)9-3-2-4-10-24)7-5-19(18)17-26-20-6-8-23(28)22(25)16-20;/h5-8,15-17,28H,2-4,9-14H2,1H3;1H. The highest BCUT2D eigenvalue weighted by molar-refractivity contribution is 6.32. The second-order valence-corrected chi connectivity index (χ2v) is 8.89. The zero-order valence-electron chi connectivity index (χ0n) is 17.0. The van der Waals surface area contributed by atoms with Crippen LogP contribution in [0.15, 0.2) is 41.4 Å². The fraction of sp³-hybridized carbons (Fsp3) is 0.458. The lowest BCUT2D eigenvalue weighted by molar-refractivity contribution is 0.144. The second-order valence-electron chi connectivity index (χ2n) is 8.48. The topological polar surface area (TPSA) is 35.8 Å². The van der Waals surface area contributed by atoms with Crippen LogP contribution in [0.25, 0.3) is 0 Å². The number of nitrogens with zero attached hydrogens (tertiary/aromatic N) is 2. The van der Waals surface area contributed by atoms with E-state index in [4.69, 9.17) is 11.6 Å². The number of aromatic hydroxyl groups is 1. The third-order valence-electron chi connectivity index (χ3n) is 6.64.